The molecule has 1 fully saturated rings. The second kappa shape index (κ2) is 8.35. The molecule has 1 aliphatic rings. The molecule has 8 heteroatoms. The Morgan fingerprint density at radius 3 is 2.60 bits per heavy atom. The molecule has 25 heavy (non-hydrogen) atoms. The van der Waals surface area contributed by atoms with Crippen molar-refractivity contribution >= 4 is 23.5 Å². The third-order valence-electron chi connectivity index (χ3n) is 4.05. The second-order valence-electron chi connectivity index (χ2n) is 5.57. The fourth-order valence-electron chi connectivity index (χ4n) is 2.65. The Morgan fingerprint density at radius 2 is 1.96 bits per heavy atom. The van der Waals surface area contributed by atoms with Crippen LogP contribution in [0.15, 0.2) is 29.4 Å². The molecule has 0 unspecified atom stereocenters. The van der Waals surface area contributed by atoms with Gasteiger partial charge in [0.1, 0.15) is 5.75 Å². The fourth-order valence-corrected chi connectivity index (χ4v) is 3.54. The highest BCUT2D eigenvalue weighted by Crippen LogP contribution is 2.23. The summed E-state index contributed by atoms with van der Waals surface area (Å²) in [5.74, 6) is 1.98. The predicted octanol–water partition coefficient (Wildman–Crippen LogP) is 2.12. The van der Waals surface area contributed by atoms with E-state index in [0.29, 0.717) is 24.5 Å². The zero-order valence-corrected chi connectivity index (χ0v) is 15.3. The lowest BCUT2D eigenvalue weighted by molar-refractivity contribution is 0.102. The van der Waals surface area contributed by atoms with Crippen LogP contribution in [0.4, 0.5) is 5.95 Å². The van der Waals surface area contributed by atoms with Crippen LogP contribution in [-0.4, -0.2) is 59.7 Å². The van der Waals surface area contributed by atoms with Gasteiger partial charge in [0.05, 0.1) is 26.1 Å². The molecular formula is C17H22N4O3S. The Morgan fingerprint density at radius 1 is 1.24 bits per heavy atom. The number of carbonyl (C=O) groups is 1. The van der Waals surface area contributed by atoms with Gasteiger partial charge in [-0.05, 0) is 31.2 Å². The number of hydrogen-bond acceptors (Lipinski definition) is 7. The van der Waals surface area contributed by atoms with Gasteiger partial charge in [0, 0.05) is 25.2 Å². The zero-order chi connectivity index (χ0) is 17.6. The number of nitrogens with zero attached hydrogens (tertiary/aromatic N) is 4. The van der Waals surface area contributed by atoms with Crippen LogP contribution in [0.1, 0.15) is 17.3 Å². The van der Waals surface area contributed by atoms with E-state index in [1.807, 2.05) is 0 Å². The first-order chi connectivity index (χ1) is 12.2. The highest BCUT2D eigenvalue weighted by atomic mass is 32.2. The first-order valence-corrected chi connectivity index (χ1v) is 9.27. The van der Waals surface area contributed by atoms with Crippen LogP contribution in [0, 0.1) is 0 Å². The summed E-state index contributed by atoms with van der Waals surface area (Å²) in [7, 11) is 1.61. The van der Waals surface area contributed by atoms with Crippen molar-refractivity contribution in [1.82, 2.24) is 14.8 Å². The molecule has 3 rings (SSSR count). The van der Waals surface area contributed by atoms with Gasteiger partial charge in [-0.25, -0.2) is 0 Å². The summed E-state index contributed by atoms with van der Waals surface area (Å²) < 4.78 is 12.6. The van der Waals surface area contributed by atoms with Crippen molar-refractivity contribution in [3.8, 4) is 5.75 Å². The minimum absolute atomic E-state index is 0.0613. The van der Waals surface area contributed by atoms with E-state index < -0.39 is 0 Å². The summed E-state index contributed by atoms with van der Waals surface area (Å²) in [4.78, 5) is 14.6. The van der Waals surface area contributed by atoms with E-state index in [4.69, 9.17) is 9.47 Å². The summed E-state index contributed by atoms with van der Waals surface area (Å²) in [6, 6.07) is 7.16. The van der Waals surface area contributed by atoms with E-state index in [-0.39, 0.29) is 5.78 Å². The molecule has 1 aromatic carbocycles. The highest BCUT2D eigenvalue weighted by Gasteiger charge is 2.20. The van der Waals surface area contributed by atoms with Gasteiger partial charge in [0.25, 0.3) is 0 Å². The lowest BCUT2D eigenvalue weighted by Crippen LogP contribution is -2.38. The van der Waals surface area contributed by atoms with E-state index in [1.54, 1.807) is 31.4 Å². The third-order valence-corrected chi connectivity index (χ3v) is 5.02. The van der Waals surface area contributed by atoms with Crippen molar-refractivity contribution < 1.29 is 14.3 Å². The van der Waals surface area contributed by atoms with E-state index in [1.165, 1.54) is 11.8 Å². The topological polar surface area (TPSA) is 69.5 Å². The number of methoxy groups -OCH3 is 1. The number of anilines is 1. The highest BCUT2D eigenvalue weighted by molar-refractivity contribution is 7.99. The number of Topliss-reactive ketones (excluding diaryl/α,β-unsaturated/α-hetero) is 1. The van der Waals surface area contributed by atoms with Crippen molar-refractivity contribution in [3.63, 3.8) is 0 Å². The van der Waals surface area contributed by atoms with Crippen LogP contribution in [-0.2, 0) is 11.3 Å². The second-order valence-corrected chi connectivity index (χ2v) is 6.51. The molecule has 0 atom stereocenters. The Balaban J connectivity index is 1.66. The minimum Gasteiger partial charge on any atom is -0.497 e. The smallest absolute Gasteiger partial charge is 0.228 e. The summed E-state index contributed by atoms with van der Waals surface area (Å²) in [5, 5.41) is 9.36. The summed E-state index contributed by atoms with van der Waals surface area (Å²) >= 11 is 1.42. The van der Waals surface area contributed by atoms with Crippen molar-refractivity contribution in [2.45, 2.75) is 18.6 Å². The van der Waals surface area contributed by atoms with Crippen molar-refractivity contribution in [2.75, 3.05) is 44.1 Å². The van der Waals surface area contributed by atoms with Crippen LogP contribution in [0.2, 0.25) is 0 Å². The average molecular weight is 362 g/mol. The number of morpholine rings is 1. The quantitative estimate of drug-likeness (QED) is 0.552. The molecule has 7 nitrogen and oxygen atoms in total. The number of benzene rings is 1. The molecule has 0 N–H and O–H groups in total. The molecule has 2 aromatic rings. The molecule has 1 aromatic heterocycles. The SMILES string of the molecule is CCn1c(SCC(=O)c2ccc(OC)cc2)nnc1N1CCOCC1. The Bertz CT molecular complexity index is 711. The van der Waals surface area contributed by atoms with E-state index in [2.05, 4.69) is 26.6 Å². The fraction of sp³-hybridized carbons (Fsp3) is 0.471. The number of hydrogen-bond donors (Lipinski definition) is 0. The Labute approximate surface area is 151 Å². The number of thioether (sulfide) groups is 1. The lowest BCUT2D eigenvalue weighted by atomic mass is 10.1. The van der Waals surface area contributed by atoms with Gasteiger partial charge in [-0.3, -0.25) is 9.36 Å². The van der Waals surface area contributed by atoms with Crippen LogP contribution in [0.5, 0.6) is 5.75 Å². The minimum atomic E-state index is 0.0613. The Hall–Kier alpha value is -2.06. The zero-order valence-electron chi connectivity index (χ0n) is 14.5. The van der Waals surface area contributed by atoms with Crippen molar-refractivity contribution in [2.24, 2.45) is 0 Å². The normalized spacial score (nSPS) is 14.6. The monoisotopic (exact) mass is 362 g/mol. The molecule has 134 valence electrons. The number of ketones is 1. The number of aromatic nitrogens is 3. The van der Waals surface area contributed by atoms with Gasteiger partial charge in [-0.1, -0.05) is 11.8 Å². The first-order valence-electron chi connectivity index (χ1n) is 8.29. The number of carbonyl (C=O) groups excluding carboxylic acids is 1. The summed E-state index contributed by atoms with van der Waals surface area (Å²) in [6.45, 7) is 5.85. The van der Waals surface area contributed by atoms with Gasteiger partial charge in [-0.2, -0.15) is 0 Å². The molecule has 0 bridgehead atoms. The maximum absolute atomic E-state index is 12.4. The number of ether oxygens (including phenoxy) is 2. The van der Waals surface area contributed by atoms with Gasteiger partial charge < -0.3 is 14.4 Å². The average Bonchev–Trinajstić information content (AvgIpc) is 3.09. The predicted molar refractivity (Wildman–Crippen MR) is 96.8 cm³/mol. The summed E-state index contributed by atoms with van der Waals surface area (Å²) in [5.41, 5.74) is 0.671. The van der Waals surface area contributed by atoms with Crippen molar-refractivity contribution in [1.29, 1.82) is 0 Å². The summed E-state index contributed by atoms with van der Waals surface area (Å²) in [6.07, 6.45) is 0. The van der Waals surface area contributed by atoms with Crippen LogP contribution in [0.3, 0.4) is 0 Å². The molecule has 2 heterocycles. The molecule has 1 aliphatic heterocycles. The molecule has 0 aliphatic carbocycles. The van der Waals surface area contributed by atoms with Gasteiger partial charge in [-0.15, -0.1) is 10.2 Å². The maximum Gasteiger partial charge on any atom is 0.228 e. The lowest BCUT2D eigenvalue weighted by Gasteiger charge is -2.27. The van der Waals surface area contributed by atoms with E-state index in [9.17, 15) is 4.79 Å². The maximum atomic E-state index is 12.4. The molecule has 0 saturated carbocycles. The first kappa shape index (κ1) is 17.8. The Kier molecular flexibility index (Phi) is 5.93. The molecular weight excluding hydrogens is 340 g/mol. The van der Waals surface area contributed by atoms with Crippen LogP contribution >= 0.6 is 11.8 Å². The van der Waals surface area contributed by atoms with Crippen molar-refractivity contribution in [3.05, 3.63) is 29.8 Å². The van der Waals surface area contributed by atoms with E-state index >= 15 is 0 Å². The number of rotatable bonds is 7. The molecule has 1 saturated heterocycles. The molecule has 0 spiro atoms. The molecule has 0 amide bonds. The van der Waals surface area contributed by atoms with Crippen LogP contribution < -0.4 is 9.64 Å². The van der Waals surface area contributed by atoms with Gasteiger partial charge in [0.2, 0.25) is 5.95 Å². The van der Waals surface area contributed by atoms with Gasteiger partial charge >= 0.3 is 0 Å². The largest absolute Gasteiger partial charge is 0.497 e. The standard InChI is InChI=1S/C17H22N4O3S/c1-3-21-16(20-8-10-24-11-9-20)18-19-17(21)25-12-15(22)13-4-6-14(23-2)7-5-13/h4-7H,3,8-12H2,1-2H3. The van der Waals surface area contributed by atoms with Crippen LogP contribution in [0.25, 0.3) is 0 Å². The third kappa shape index (κ3) is 4.13. The molecule has 0 radical (unpaired) electrons. The van der Waals surface area contributed by atoms with Gasteiger partial charge in [0.15, 0.2) is 10.9 Å². The van der Waals surface area contributed by atoms with E-state index in [0.717, 1.165) is 36.5 Å².